The highest BCUT2D eigenvalue weighted by Gasteiger charge is 2.29. The molecule has 0 saturated carbocycles. The van der Waals surface area contributed by atoms with Crippen LogP contribution in [0.15, 0.2) is 69.9 Å². The third-order valence-electron chi connectivity index (χ3n) is 7.98. The van der Waals surface area contributed by atoms with Crippen LogP contribution in [0.3, 0.4) is 0 Å². The highest BCUT2D eigenvalue weighted by atomic mass is 16.4. The van der Waals surface area contributed by atoms with Gasteiger partial charge in [0, 0.05) is 29.9 Å². The number of aromatic carboxylic acids is 1. The number of aryl methyl sites for hydroxylation is 1. The molecule has 6 nitrogen and oxygen atoms in total. The van der Waals surface area contributed by atoms with Crippen LogP contribution in [-0.4, -0.2) is 24.2 Å². The Morgan fingerprint density at radius 2 is 1.69 bits per heavy atom. The molecule has 3 aromatic carbocycles. The number of anilines is 2. The van der Waals surface area contributed by atoms with E-state index in [4.69, 9.17) is 4.42 Å². The summed E-state index contributed by atoms with van der Waals surface area (Å²) in [5.41, 5.74) is 6.58. The Bertz CT molecular complexity index is 1590. The van der Waals surface area contributed by atoms with Crippen LogP contribution in [0.2, 0.25) is 0 Å². The van der Waals surface area contributed by atoms with Gasteiger partial charge in [0.25, 0.3) is 0 Å². The van der Waals surface area contributed by atoms with Gasteiger partial charge in [0.1, 0.15) is 5.58 Å². The van der Waals surface area contributed by atoms with Crippen LogP contribution in [0.5, 0.6) is 0 Å². The SMILES string of the molecule is Cc1cc([C@H](C)Nc2ccccc2-c2ccc(C(=O)O)cc2)c2oc(N3CCC(C)(C)CC3)c(C)c(=O)c2c1. The van der Waals surface area contributed by atoms with E-state index in [1.165, 1.54) is 0 Å². The normalized spacial score (nSPS) is 15.8. The van der Waals surface area contributed by atoms with Crippen molar-refractivity contribution in [3.63, 3.8) is 0 Å². The first-order valence-electron chi connectivity index (χ1n) is 13.6. The van der Waals surface area contributed by atoms with Crippen molar-refractivity contribution in [3.05, 3.63) is 93.1 Å². The lowest BCUT2D eigenvalue weighted by atomic mass is 9.82. The van der Waals surface area contributed by atoms with Crippen molar-refractivity contribution < 1.29 is 14.3 Å². The first kappa shape index (κ1) is 26.5. The summed E-state index contributed by atoms with van der Waals surface area (Å²) in [6.45, 7) is 12.3. The molecular formula is C33H36N2O4. The molecule has 1 atom stereocenters. The predicted octanol–water partition coefficient (Wildman–Crippen LogP) is 7.57. The van der Waals surface area contributed by atoms with Gasteiger partial charge in [0.05, 0.1) is 22.6 Å². The summed E-state index contributed by atoms with van der Waals surface area (Å²) in [5.74, 6) is -0.267. The lowest BCUT2D eigenvalue weighted by molar-refractivity contribution is 0.0697. The number of hydrogen-bond donors (Lipinski definition) is 2. The van der Waals surface area contributed by atoms with Crippen LogP contribution in [0, 0.1) is 19.3 Å². The average molecular weight is 525 g/mol. The van der Waals surface area contributed by atoms with Crippen molar-refractivity contribution in [1.29, 1.82) is 0 Å². The van der Waals surface area contributed by atoms with Crippen LogP contribution < -0.4 is 15.6 Å². The van der Waals surface area contributed by atoms with E-state index in [1.54, 1.807) is 12.1 Å². The van der Waals surface area contributed by atoms with Crippen molar-refractivity contribution in [3.8, 4) is 11.1 Å². The predicted molar refractivity (Wildman–Crippen MR) is 158 cm³/mol. The van der Waals surface area contributed by atoms with Gasteiger partial charge in [-0.15, -0.1) is 0 Å². The first-order valence-corrected chi connectivity index (χ1v) is 13.6. The number of rotatable bonds is 6. The van der Waals surface area contributed by atoms with Crippen molar-refractivity contribution >= 4 is 28.5 Å². The smallest absolute Gasteiger partial charge is 0.335 e. The Morgan fingerprint density at radius 3 is 2.36 bits per heavy atom. The standard InChI is InChI=1S/C33H36N2O4/c1-20-18-26(22(3)34-28-9-7-6-8-25(28)23-10-12-24(13-11-23)32(37)38)30-27(19-20)29(36)21(2)31(39-30)35-16-14-33(4,5)15-17-35/h6-13,18-19,22,34H,14-17H2,1-5H3,(H,37,38)/t22-/m0/s1. The fraction of sp³-hybridized carbons (Fsp3) is 0.333. The number of para-hydroxylation sites is 1. The second kappa shape index (κ2) is 10.3. The molecule has 0 aliphatic carbocycles. The topological polar surface area (TPSA) is 82.8 Å². The zero-order chi connectivity index (χ0) is 27.9. The summed E-state index contributed by atoms with van der Waals surface area (Å²) in [7, 11) is 0. The van der Waals surface area contributed by atoms with Crippen molar-refractivity contribution in [2.45, 2.75) is 53.5 Å². The Balaban J connectivity index is 1.54. The summed E-state index contributed by atoms with van der Waals surface area (Å²) in [5, 5.41) is 13.5. The molecule has 202 valence electrons. The van der Waals surface area contributed by atoms with Gasteiger partial charge in [0.2, 0.25) is 5.88 Å². The van der Waals surface area contributed by atoms with Gasteiger partial charge in [-0.2, -0.15) is 0 Å². The molecule has 6 heteroatoms. The van der Waals surface area contributed by atoms with E-state index >= 15 is 0 Å². The largest absolute Gasteiger partial charge is 0.478 e. The van der Waals surface area contributed by atoms with Gasteiger partial charge < -0.3 is 19.7 Å². The van der Waals surface area contributed by atoms with Gasteiger partial charge in [-0.05, 0) is 74.4 Å². The number of carbonyl (C=O) groups is 1. The second-order valence-electron chi connectivity index (χ2n) is 11.5. The number of nitrogens with one attached hydrogen (secondary N) is 1. The summed E-state index contributed by atoms with van der Waals surface area (Å²) in [6, 6.07) is 18.7. The van der Waals surface area contributed by atoms with Crippen LogP contribution in [0.4, 0.5) is 11.6 Å². The third kappa shape index (κ3) is 5.29. The molecule has 1 fully saturated rings. The lowest BCUT2D eigenvalue weighted by Gasteiger charge is -2.37. The quantitative estimate of drug-likeness (QED) is 0.271. The van der Waals surface area contributed by atoms with Gasteiger partial charge in [-0.25, -0.2) is 4.79 Å². The minimum atomic E-state index is -0.947. The minimum absolute atomic E-state index is 0.0205. The number of carboxylic acids is 1. The van der Waals surface area contributed by atoms with Crippen LogP contribution in [-0.2, 0) is 0 Å². The minimum Gasteiger partial charge on any atom is -0.478 e. The molecule has 0 bridgehead atoms. The van der Waals surface area contributed by atoms with Crippen molar-refractivity contribution in [1.82, 2.24) is 0 Å². The lowest BCUT2D eigenvalue weighted by Crippen LogP contribution is -2.38. The Morgan fingerprint density at radius 1 is 1.03 bits per heavy atom. The molecule has 4 aromatic rings. The number of nitrogens with zero attached hydrogens (tertiary/aromatic N) is 1. The molecule has 0 unspecified atom stereocenters. The summed E-state index contributed by atoms with van der Waals surface area (Å²) < 4.78 is 6.61. The van der Waals surface area contributed by atoms with Gasteiger partial charge in [-0.1, -0.05) is 50.2 Å². The fourth-order valence-corrected chi connectivity index (χ4v) is 5.46. The molecule has 1 aromatic heterocycles. The molecule has 1 aliphatic heterocycles. The summed E-state index contributed by atoms with van der Waals surface area (Å²) >= 11 is 0. The van der Waals surface area contributed by atoms with Gasteiger partial charge in [0.15, 0.2) is 5.43 Å². The molecule has 5 rings (SSSR count). The van der Waals surface area contributed by atoms with Crippen LogP contribution >= 0.6 is 0 Å². The molecule has 0 radical (unpaired) electrons. The molecule has 39 heavy (non-hydrogen) atoms. The van der Waals surface area contributed by atoms with E-state index in [0.717, 1.165) is 53.9 Å². The molecular weight excluding hydrogens is 488 g/mol. The van der Waals surface area contributed by atoms with Crippen molar-refractivity contribution in [2.24, 2.45) is 5.41 Å². The maximum atomic E-state index is 13.6. The summed E-state index contributed by atoms with van der Waals surface area (Å²) in [6.07, 6.45) is 2.11. The highest BCUT2D eigenvalue weighted by Crippen LogP contribution is 2.37. The van der Waals surface area contributed by atoms with E-state index in [0.29, 0.717) is 27.8 Å². The number of hydrogen-bond acceptors (Lipinski definition) is 5. The molecule has 0 spiro atoms. The average Bonchev–Trinajstić information content (AvgIpc) is 2.91. The van der Waals surface area contributed by atoms with Crippen LogP contribution in [0.1, 0.15) is 66.7 Å². The van der Waals surface area contributed by atoms with E-state index in [-0.39, 0.29) is 17.0 Å². The third-order valence-corrected chi connectivity index (χ3v) is 7.98. The van der Waals surface area contributed by atoms with E-state index in [2.05, 4.69) is 37.1 Å². The number of fused-ring (bicyclic) bond motifs is 1. The zero-order valence-electron chi connectivity index (χ0n) is 23.3. The van der Waals surface area contributed by atoms with Gasteiger partial charge >= 0.3 is 5.97 Å². The Kier molecular flexibility index (Phi) is 6.98. The number of carboxylic acid groups (broad SMARTS) is 1. The van der Waals surface area contributed by atoms with Crippen LogP contribution in [0.25, 0.3) is 22.1 Å². The highest BCUT2D eigenvalue weighted by molar-refractivity contribution is 5.89. The Hall–Kier alpha value is -4.06. The van der Waals surface area contributed by atoms with E-state index < -0.39 is 5.97 Å². The maximum absolute atomic E-state index is 13.6. The van der Waals surface area contributed by atoms with Gasteiger partial charge in [-0.3, -0.25) is 4.79 Å². The molecule has 0 amide bonds. The zero-order valence-corrected chi connectivity index (χ0v) is 23.3. The molecule has 1 saturated heterocycles. The molecule has 2 N–H and O–H groups in total. The first-order chi connectivity index (χ1) is 18.5. The monoisotopic (exact) mass is 524 g/mol. The second-order valence-corrected chi connectivity index (χ2v) is 11.5. The maximum Gasteiger partial charge on any atom is 0.335 e. The number of piperidine rings is 1. The fourth-order valence-electron chi connectivity index (χ4n) is 5.46. The Labute approximate surface area is 229 Å². The molecule has 1 aliphatic rings. The van der Waals surface area contributed by atoms with E-state index in [9.17, 15) is 14.7 Å². The van der Waals surface area contributed by atoms with Crippen molar-refractivity contribution in [2.75, 3.05) is 23.3 Å². The summed E-state index contributed by atoms with van der Waals surface area (Å²) in [4.78, 5) is 27.1. The van der Waals surface area contributed by atoms with E-state index in [1.807, 2.05) is 56.3 Å². The molecule has 2 heterocycles. The number of benzene rings is 3.